The zero-order chi connectivity index (χ0) is 26.3. The minimum Gasteiger partial charge on any atom is -0.338 e. The van der Waals surface area contributed by atoms with Crippen molar-refractivity contribution in [1.82, 2.24) is 14.5 Å². The normalized spacial score (nSPS) is 22.0. The summed E-state index contributed by atoms with van der Waals surface area (Å²) in [6.45, 7) is 7.94. The molecule has 2 aliphatic rings. The zero-order valence-electron chi connectivity index (χ0n) is 22.4. The highest BCUT2D eigenvalue weighted by Gasteiger charge is 2.50. The first-order valence-corrected chi connectivity index (χ1v) is 14.5. The minimum absolute atomic E-state index is 0.228. The molecule has 1 amide bonds. The maximum atomic E-state index is 13.7. The molecule has 2 fully saturated rings. The molecule has 2 heterocycles. The van der Waals surface area contributed by atoms with Gasteiger partial charge < -0.3 is 4.90 Å². The van der Waals surface area contributed by atoms with Crippen LogP contribution in [0.2, 0.25) is 0 Å². The first kappa shape index (κ1) is 25.0. The summed E-state index contributed by atoms with van der Waals surface area (Å²) in [4.78, 5) is 21.0. The first-order valence-electron chi connectivity index (χ1n) is 13.5. The molecule has 1 aliphatic heterocycles. The van der Waals surface area contributed by atoms with Crippen molar-refractivity contribution >= 4 is 17.7 Å². The number of benzene rings is 3. The minimum atomic E-state index is 0.228. The van der Waals surface area contributed by atoms with Gasteiger partial charge in [0.1, 0.15) is 0 Å². The third kappa shape index (κ3) is 4.80. The summed E-state index contributed by atoms with van der Waals surface area (Å²) < 4.78 is 2.22. The largest absolute Gasteiger partial charge is 0.338 e. The Kier molecular flexibility index (Phi) is 6.43. The number of para-hydroxylation sites is 1. The third-order valence-corrected chi connectivity index (χ3v) is 8.94. The van der Waals surface area contributed by atoms with Crippen molar-refractivity contribution < 1.29 is 4.79 Å². The van der Waals surface area contributed by atoms with Crippen LogP contribution in [-0.2, 0) is 4.79 Å². The fourth-order valence-corrected chi connectivity index (χ4v) is 7.83. The molecule has 0 N–H and O–H groups in total. The van der Waals surface area contributed by atoms with Crippen molar-refractivity contribution in [3.8, 4) is 28.2 Å². The SMILES string of the molecule is CC1(C)CC2CC(C)(CN2C(=O)CSc2nc(-c3ccccc3)c(-c3ccccc3)n2-c2ccccc2)C1. The van der Waals surface area contributed by atoms with Crippen LogP contribution in [0.25, 0.3) is 28.2 Å². The Bertz CT molecular complexity index is 1430. The van der Waals surface area contributed by atoms with Gasteiger partial charge in [0, 0.05) is 29.4 Å². The lowest BCUT2D eigenvalue weighted by molar-refractivity contribution is -0.129. The Morgan fingerprint density at radius 2 is 1.47 bits per heavy atom. The molecule has 4 nitrogen and oxygen atoms in total. The Labute approximate surface area is 230 Å². The summed E-state index contributed by atoms with van der Waals surface area (Å²) in [5.74, 6) is 0.617. The van der Waals surface area contributed by atoms with E-state index in [0.717, 1.165) is 52.7 Å². The summed E-state index contributed by atoms with van der Waals surface area (Å²) in [7, 11) is 0. The van der Waals surface area contributed by atoms with Crippen molar-refractivity contribution in [2.75, 3.05) is 12.3 Å². The van der Waals surface area contributed by atoms with Gasteiger partial charge in [-0.05, 0) is 42.2 Å². The smallest absolute Gasteiger partial charge is 0.233 e. The van der Waals surface area contributed by atoms with Crippen LogP contribution in [0.4, 0.5) is 0 Å². The zero-order valence-corrected chi connectivity index (χ0v) is 23.2. The van der Waals surface area contributed by atoms with Crippen LogP contribution in [-0.4, -0.2) is 38.7 Å². The highest BCUT2D eigenvalue weighted by Crippen LogP contribution is 2.52. The van der Waals surface area contributed by atoms with Crippen LogP contribution in [0.1, 0.15) is 40.0 Å². The van der Waals surface area contributed by atoms with E-state index in [0.29, 0.717) is 17.2 Å². The predicted octanol–water partition coefficient (Wildman–Crippen LogP) is 7.73. The first-order chi connectivity index (χ1) is 18.3. The fraction of sp³-hybridized carbons (Fsp3) is 0.333. The lowest BCUT2D eigenvalue weighted by Gasteiger charge is -2.39. The number of fused-ring (bicyclic) bond motifs is 2. The number of likely N-dealkylation sites (tertiary alicyclic amines) is 1. The summed E-state index contributed by atoms with van der Waals surface area (Å²) in [5, 5.41) is 0.843. The van der Waals surface area contributed by atoms with Crippen LogP contribution >= 0.6 is 11.8 Å². The molecule has 194 valence electrons. The second-order valence-corrected chi connectivity index (χ2v) is 13.0. The van der Waals surface area contributed by atoms with E-state index >= 15 is 0 Å². The molecule has 1 saturated carbocycles. The van der Waals surface area contributed by atoms with Gasteiger partial charge in [0.15, 0.2) is 5.16 Å². The lowest BCUT2D eigenvalue weighted by atomic mass is 9.65. The van der Waals surface area contributed by atoms with E-state index in [9.17, 15) is 4.79 Å². The highest BCUT2D eigenvalue weighted by atomic mass is 32.2. The predicted molar refractivity (Wildman–Crippen MR) is 156 cm³/mol. The van der Waals surface area contributed by atoms with E-state index in [4.69, 9.17) is 4.98 Å². The van der Waals surface area contributed by atoms with Gasteiger partial charge in [0.2, 0.25) is 5.91 Å². The number of carbonyl (C=O) groups excluding carboxylic acids is 1. The fourth-order valence-electron chi connectivity index (χ4n) is 6.93. The van der Waals surface area contributed by atoms with Crippen LogP contribution in [0.3, 0.4) is 0 Å². The second-order valence-electron chi connectivity index (χ2n) is 12.0. The Morgan fingerprint density at radius 3 is 2.13 bits per heavy atom. The van der Waals surface area contributed by atoms with Crippen LogP contribution in [0, 0.1) is 10.8 Å². The molecule has 0 radical (unpaired) electrons. The van der Waals surface area contributed by atoms with Crippen LogP contribution in [0.5, 0.6) is 0 Å². The standard InChI is InChI=1S/C33H35N3OS/c1-32(2)19-27-20-33(3,22-32)23-35(27)28(37)21-38-31-34-29(24-13-7-4-8-14-24)30(25-15-9-5-10-16-25)36(31)26-17-11-6-12-18-26/h4-18,27H,19-23H2,1-3H3. The number of imidazole rings is 1. The van der Waals surface area contributed by atoms with E-state index in [1.165, 1.54) is 6.42 Å². The molecular weight excluding hydrogens is 486 g/mol. The molecule has 5 heteroatoms. The van der Waals surface area contributed by atoms with Gasteiger partial charge in [-0.15, -0.1) is 0 Å². The molecule has 2 bridgehead atoms. The molecule has 1 aromatic heterocycles. The Balaban J connectivity index is 1.38. The number of carbonyl (C=O) groups is 1. The average molecular weight is 522 g/mol. The van der Waals surface area contributed by atoms with Crippen molar-refractivity contribution in [2.24, 2.45) is 10.8 Å². The van der Waals surface area contributed by atoms with Gasteiger partial charge in [-0.3, -0.25) is 9.36 Å². The monoisotopic (exact) mass is 521 g/mol. The van der Waals surface area contributed by atoms with Gasteiger partial charge in [-0.25, -0.2) is 4.98 Å². The molecule has 2 atom stereocenters. The Morgan fingerprint density at radius 1 is 0.868 bits per heavy atom. The molecule has 0 spiro atoms. The van der Waals surface area contributed by atoms with Crippen molar-refractivity contribution in [3.05, 3.63) is 91.0 Å². The number of thioether (sulfide) groups is 1. The summed E-state index contributed by atoms with van der Waals surface area (Å²) in [6, 6.07) is 31.5. The summed E-state index contributed by atoms with van der Waals surface area (Å²) >= 11 is 1.55. The molecule has 2 unspecified atom stereocenters. The average Bonchev–Trinajstić information content (AvgIpc) is 3.42. The molecular formula is C33H35N3OS. The number of hydrogen-bond donors (Lipinski definition) is 0. The maximum Gasteiger partial charge on any atom is 0.233 e. The quantitative estimate of drug-likeness (QED) is 0.244. The molecule has 1 aliphatic carbocycles. The molecule has 38 heavy (non-hydrogen) atoms. The third-order valence-electron chi connectivity index (χ3n) is 8.02. The molecule has 6 rings (SSSR count). The maximum absolute atomic E-state index is 13.7. The van der Waals surface area contributed by atoms with Crippen LogP contribution < -0.4 is 0 Å². The van der Waals surface area contributed by atoms with E-state index in [1.807, 2.05) is 18.2 Å². The molecule has 3 aromatic carbocycles. The van der Waals surface area contributed by atoms with E-state index < -0.39 is 0 Å². The Hall–Kier alpha value is -3.31. The second kappa shape index (κ2) is 9.77. The number of rotatable bonds is 6. The molecule has 1 saturated heterocycles. The topological polar surface area (TPSA) is 38.1 Å². The summed E-state index contributed by atoms with van der Waals surface area (Å²) in [5.41, 5.74) is 5.71. The van der Waals surface area contributed by atoms with Gasteiger partial charge >= 0.3 is 0 Å². The van der Waals surface area contributed by atoms with Gasteiger partial charge in [0.05, 0.1) is 17.1 Å². The molecule has 4 aromatic rings. The van der Waals surface area contributed by atoms with Crippen molar-refractivity contribution in [2.45, 2.75) is 51.2 Å². The lowest BCUT2D eigenvalue weighted by Crippen LogP contribution is -2.38. The van der Waals surface area contributed by atoms with Crippen molar-refractivity contribution in [3.63, 3.8) is 0 Å². The number of aromatic nitrogens is 2. The van der Waals surface area contributed by atoms with E-state index in [-0.39, 0.29) is 11.3 Å². The van der Waals surface area contributed by atoms with Crippen molar-refractivity contribution in [1.29, 1.82) is 0 Å². The number of amides is 1. The van der Waals surface area contributed by atoms with Gasteiger partial charge in [0.25, 0.3) is 0 Å². The van der Waals surface area contributed by atoms with Gasteiger partial charge in [-0.1, -0.05) is 111 Å². The van der Waals surface area contributed by atoms with E-state index in [2.05, 4.69) is 103 Å². The summed E-state index contributed by atoms with van der Waals surface area (Å²) in [6.07, 6.45) is 3.41. The van der Waals surface area contributed by atoms with Crippen LogP contribution in [0.15, 0.2) is 96.2 Å². The number of nitrogens with zero attached hydrogens (tertiary/aromatic N) is 3. The van der Waals surface area contributed by atoms with E-state index in [1.54, 1.807) is 11.8 Å². The number of hydrogen-bond acceptors (Lipinski definition) is 3. The van der Waals surface area contributed by atoms with Gasteiger partial charge in [-0.2, -0.15) is 0 Å². The highest BCUT2D eigenvalue weighted by molar-refractivity contribution is 7.99.